The predicted octanol–water partition coefficient (Wildman–Crippen LogP) is 1.43. The van der Waals surface area contributed by atoms with Crippen molar-refractivity contribution in [1.82, 2.24) is 9.78 Å². The van der Waals surface area contributed by atoms with E-state index in [1.54, 1.807) is 11.8 Å². The van der Waals surface area contributed by atoms with Gasteiger partial charge in [0.2, 0.25) is 0 Å². The molecule has 0 aliphatic heterocycles. The van der Waals surface area contributed by atoms with Crippen LogP contribution in [0, 0.1) is 6.92 Å². The molecule has 1 aromatic heterocycles. The summed E-state index contributed by atoms with van der Waals surface area (Å²) in [6.07, 6.45) is -0.152. The van der Waals surface area contributed by atoms with Gasteiger partial charge in [0, 0.05) is 20.6 Å². The molecule has 5 heteroatoms. The van der Waals surface area contributed by atoms with E-state index in [2.05, 4.69) is 21.0 Å². The number of methoxy groups -OCH3 is 1. The van der Waals surface area contributed by atoms with Crippen LogP contribution in [0.4, 0.5) is 0 Å². The summed E-state index contributed by atoms with van der Waals surface area (Å²) in [4.78, 5) is 0. The van der Waals surface area contributed by atoms with E-state index in [0.29, 0.717) is 6.42 Å². The molecule has 0 saturated carbocycles. The van der Waals surface area contributed by atoms with E-state index < -0.39 is 6.10 Å². The van der Waals surface area contributed by atoms with Gasteiger partial charge in [-0.15, -0.1) is 0 Å². The smallest absolute Gasteiger partial charge is 0.0854 e. The fourth-order valence-corrected chi connectivity index (χ4v) is 1.92. The van der Waals surface area contributed by atoms with Gasteiger partial charge in [0.15, 0.2) is 0 Å². The van der Waals surface area contributed by atoms with Crippen LogP contribution in [0.3, 0.4) is 0 Å². The summed E-state index contributed by atoms with van der Waals surface area (Å²) >= 11 is 3.47. The molecule has 0 bridgehead atoms. The Bertz CT molecular complexity index is 338. The maximum Gasteiger partial charge on any atom is 0.0854 e. The van der Waals surface area contributed by atoms with Gasteiger partial charge < -0.3 is 9.84 Å². The van der Waals surface area contributed by atoms with E-state index in [1.165, 1.54) is 0 Å². The van der Waals surface area contributed by atoms with E-state index in [4.69, 9.17) is 4.74 Å². The van der Waals surface area contributed by atoms with E-state index in [-0.39, 0.29) is 6.10 Å². The van der Waals surface area contributed by atoms with Gasteiger partial charge in [0.1, 0.15) is 0 Å². The summed E-state index contributed by atoms with van der Waals surface area (Å²) in [5, 5.41) is 14.1. The highest BCUT2D eigenvalue weighted by molar-refractivity contribution is 9.10. The van der Waals surface area contributed by atoms with Gasteiger partial charge in [0.05, 0.1) is 28.1 Å². The van der Waals surface area contributed by atoms with Crippen molar-refractivity contribution in [1.29, 1.82) is 0 Å². The van der Waals surface area contributed by atoms with Crippen molar-refractivity contribution in [3.05, 3.63) is 15.9 Å². The number of hydrogen-bond acceptors (Lipinski definition) is 3. The van der Waals surface area contributed by atoms with Crippen LogP contribution in [0.5, 0.6) is 0 Å². The number of aliphatic hydroxyl groups excluding tert-OH is 1. The van der Waals surface area contributed by atoms with Crippen molar-refractivity contribution >= 4 is 15.9 Å². The number of aryl methyl sites for hydroxylation is 2. The van der Waals surface area contributed by atoms with Gasteiger partial charge in [-0.2, -0.15) is 5.10 Å². The third-order valence-electron chi connectivity index (χ3n) is 2.58. The van der Waals surface area contributed by atoms with Gasteiger partial charge in [-0.3, -0.25) is 4.68 Å². The van der Waals surface area contributed by atoms with Crippen molar-refractivity contribution in [2.45, 2.75) is 32.5 Å². The Balaban J connectivity index is 2.80. The molecular weight excluding hydrogens is 260 g/mol. The van der Waals surface area contributed by atoms with Gasteiger partial charge in [-0.25, -0.2) is 0 Å². The average Bonchev–Trinajstić information content (AvgIpc) is 2.43. The molecule has 1 heterocycles. The van der Waals surface area contributed by atoms with Gasteiger partial charge in [-0.05, 0) is 29.8 Å². The topological polar surface area (TPSA) is 47.3 Å². The third kappa shape index (κ3) is 2.80. The van der Waals surface area contributed by atoms with Crippen LogP contribution in [0.25, 0.3) is 0 Å². The molecule has 86 valence electrons. The van der Waals surface area contributed by atoms with Crippen LogP contribution in [0.2, 0.25) is 0 Å². The van der Waals surface area contributed by atoms with Crippen LogP contribution in [0.15, 0.2) is 4.47 Å². The molecule has 1 aromatic rings. The second-order valence-corrected chi connectivity index (χ2v) is 4.47. The Morgan fingerprint density at radius 1 is 1.60 bits per heavy atom. The highest BCUT2D eigenvalue weighted by atomic mass is 79.9. The zero-order valence-corrected chi connectivity index (χ0v) is 11.1. The molecule has 2 unspecified atom stereocenters. The van der Waals surface area contributed by atoms with Crippen molar-refractivity contribution < 1.29 is 9.84 Å². The van der Waals surface area contributed by atoms with Crippen LogP contribution in [-0.2, 0) is 18.2 Å². The lowest BCUT2D eigenvalue weighted by molar-refractivity contribution is -0.000512. The molecule has 0 radical (unpaired) electrons. The lowest BCUT2D eigenvalue weighted by atomic mass is 10.1. The molecule has 2 atom stereocenters. The van der Waals surface area contributed by atoms with E-state index in [0.717, 1.165) is 15.9 Å². The third-order valence-corrected chi connectivity index (χ3v) is 3.61. The molecule has 0 aromatic carbocycles. The number of aliphatic hydroxyl groups is 1. The number of hydrogen-bond donors (Lipinski definition) is 1. The predicted molar refractivity (Wildman–Crippen MR) is 61.8 cm³/mol. The summed E-state index contributed by atoms with van der Waals surface area (Å²) in [5.74, 6) is 0. The Morgan fingerprint density at radius 2 is 2.20 bits per heavy atom. The summed E-state index contributed by atoms with van der Waals surface area (Å²) in [7, 11) is 3.47. The zero-order valence-electron chi connectivity index (χ0n) is 9.49. The maximum absolute atomic E-state index is 9.84. The first-order chi connectivity index (χ1) is 6.97. The number of halogens is 1. The molecule has 1 rings (SSSR count). The Labute approximate surface area is 98.4 Å². The number of aromatic nitrogens is 2. The van der Waals surface area contributed by atoms with Gasteiger partial charge in [0.25, 0.3) is 0 Å². The van der Waals surface area contributed by atoms with E-state index >= 15 is 0 Å². The monoisotopic (exact) mass is 276 g/mol. The van der Waals surface area contributed by atoms with Crippen LogP contribution < -0.4 is 0 Å². The average molecular weight is 277 g/mol. The molecule has 0 aliphatic carbocycles. The maximum atomic E-state index is 9.84. The highest BCUT2D eigenvalue weighted by Gasteiger charge is 2.19. The molecule has 4 nitrogen and oxygen atoms in total. The van der Waals surface area contributed by atoms with Crippen LogP contribution in [-0.4, -0.2) is 34.2 Å². The minimum Gasteiger partial charge on any atom is -0.390 e. The minimum atomic E-state index is -0.513. The molecule has 0 saturated heterocycles. The van der Waals surface area contributed by atoms with E-state index in [9.17, 15) is 5.11 Å². The lowest BCUT2D eigenvalue weighted by Gasteiger charge is -2.17. The van der Waals surface area contributed by atoms with Crippen molar-refractivity contribution in [3.8, 4) is 0 Å². The summed E-state index contributed by atoms with van der Waals surface area (Å²) in [6, 6.07) is 0. The molecule has 15 heavy (non-hydrogen) atoms. The first kappa shape index (κ1) is 12.7. The molecule has 0 aliphatic rings. The minimum absolute atomic E-state index is 0.174. The molecular formula is C10H17BrN2O2. The fraction of sp³-hybridized carbons (Fsp3) is 0.700. The van der Waals surface area contributed by atoms with Crippen molar-refractivity contribution in [2.75, 3.05) is 7.11 Å². The van der Waals surface area contributed by atoms with E-state index in [1.807, 2.05) is 20.9 Å². The SMILES string of the molecule is COC(C)C(O)Cc1c(Br)c(C)nn1C. The summed E-state index contributed by atoms with van der Waals surface area (Å²) in [5.41, 5.74) is 1.92. The second-order valence-electron chi connectivity index (χ2n) is 3.68. The quantitative estimate of drug-likeness (QED) is 0.905. The fourth-order valence-electron chi connectivity index (χ4n) is 1.42. The first-order valence-electron chi connectivity index (χ1n) is 4.86. The highest BCUT2D eigenvalue weighted by Crippen LogP contribution is 2.22. The summed E-state index contributed by atoms with van der Waals surface area (Å²) < 4.78 is 7.82. The number of ether oxygens (including phenoxy) is 1. The Morgan fingerprint density at radius 3 is 2.60 bits per heavy atom. The zero-order chi connectivity index (χ0) is 11.6. The van der Waals surface area contributed by atoms with Crippen molar-refractivity contribution in [3.63, 3.8) is 0 Å². The Hall–Kier alpha value is -0.390. The van der Waals surface area contributed by atoms with Crippen LogP contribution >= 0.6 is 15.9 Å². The number of nitrogens with zero attached hydrogens (tertiary/aromatic N) is 2. The van der Waals surface area contributed by atoms with Gasteiger partial charge >= 0.3 is 0 Å². The standard InChI is InChI=1S/C10H17BrN2O2/c1-6-10(11)8(13(3)12-6)5-9(14)7(2)15-4/h7,9,14H,5H2,1-4H3. The molecule has 0 spiro atoms. The molecule has 1 N–H and O–H groups in total. The molecule has 0 fully saturated rings. The second kappa shape index (κ2) is 5.09. The first-order valence-corrected chi connectivity index (χ1v) is 5.65. The van der Waals surface area contributed by atoms with Crippen molar-refractivity contribution in [2.24, 2.45) is 7.05 Å². The normalized spacial score (nSPS) is 15.3. The lowest BCUT2D eigenvalue weighted by Crippen LogP contribution is -2.27. The Kier molecular flexibility index (Phi) is 4.31. The summed E-state index contributed by atoms with van der Waals surface area (Å²) in [6.45, 7) is 3.78. The van der Waals surface area contributed by atoms with Gasteiger partial charge in [-0.1, -0.05) is 0 Å². The molecule has 0 amide bonds. The van der Waals surface area contributed by atoms with Crippen LogP contribution in [0.1, 0.15) is 18.3 Å². The largest absolute Gasteiger partial charge is 0.390 e. The number of rotatable bonds is 4.